The van der Waals surface area contributed by atoms with E-state index in [9.17, 15) is 8.42 Å². The Bertz CT molecular complexity index is 3890. The molecule has 4 N–H and O–H groups in total. The van der Waals surface area contributed by atoms with Gasteiger partial charge in [0.25, 0.3) is 0 Å². The van der Waals surface area contributed by atoms with Crippen LogP contribution in [0.4, 0.5) is 23.3 Å². The number of benzene rings is 5. The van der Waals surface area contributed by atoms with Crippen LogP contribution in [0.25, 0.3) is 89.7 Å². The van der Waals surface area contributed by atoms with E-state index < -0.39 is 40.4 Å². The third kappa shape index (κ3) is 20.7. The Morgan fingerprint density at radius 3 is 1.05 bits per heavy atom. The van der Waals surface area contributed by atoms with Crippen molar-refractivity contribution in [1.29, 1.82) is 0 Å². The second kappa shape index (κ2) is 28.9. The summed E-state index contributed by atoms with van der Waals surface area (Å²) in [5.41, 5.74) is 12.2. The molecular formula is C45H36ClCuN14Na3O11S4. The molecule has 4 aromatic heterocycles. The van der Waals surface area contributed by atoms with Gasteiger partial charge in [0.1, 0.15) is 0 Å². The summed E-state index contributed by atoms with van der Waals surface area (Å²) in [4.78, 5) is 50.6. The summed E-state index contributed by atoms with van der Waals surface area (Å²) in [6, 6.07) is 38.4. The van der Waals surface area contributed by atoms with Crippen molar-refractivity contribution in [2.45, 2.75) is 0 Å². The molecule has 0 spiro atoms. The molecule has 9 aromatic rings. The predicted octanol–water partition coefficient (Wildman–Crippen LogP) is -4.16. The monoisotopic (exact) mass is 1240 g/mol. The summed E-state index contributed by atoms with van der Waals surface area (Å²) in [7, 11) is -15.1. The molecule has 25 nitrogen and oxygen atoms in total. The van der Waals surface area contributed by atoms with Crippen LogP contribution in [0.1, 0.15) is 0 Å². The first-order chi connectivity index (χ1) is 35.1. The molecule has 0 atom stereocenters. The Morgan fingerprint density at radius 1 is 0.443 bits per heavy atom. The van der Waals surface area contributed by atoms with Crippen molar-refractivity contribution in [3.8, 4) is 45.6 Å². The number of nitrogens with zero attached hydrogens (tertiary/aromatic N) is 11. The van der Waals surface area contributed by atoms with Gasteiger partial charge in [-0.25, -0.2) is 43.6 Å². The number of hydrogen-bond acceptors (Lipinski definition) is 22. The van der Waals surface area contributed by atoms with E-state index in [1.165, 1.54) is 0 Å². The number of rotatable bonds is 4. The number of anilines is 4. The van der Waals surface area contributed by atoms with Gasteiger partial charge in [0.2, 0.25) is 27.2 Å². The Balaban J connectivity index is 0.000000354. The van der Waals surface area contributed by atoms with Gasteiger partial charge >= 0.3 is 106 Å². The van der Waals surface area contributed by atoms with Crippen molar-refractivity contribution in [2.24, 2.45) is 0 Å². The summed E-state index contributed by atoms with van der Waals surface area (Å²) in [6.07, 6.45) is 2.88. The van der Waals surface area contributed by atoms with Crippen LogP contribution in [0.2, 0.25) is 5.28 Å². The minimum atomic E-state index is -3.92. The summed E-state index contributed by atoms with van der Waals surface area (Å²) < 4.78 is 106. The van der Waals surface area contributed by atoms with Gasteiger partial charge in [-0.3, -0.25) is 4.72 Å². The predicted molar refractivity (Wildman–Crippen MR) is 278 cm³/mol. The number of fused-ring (bicyclic) bond motifs is 20. The van der Waals surface area contributed by atoms with Gasteiger partial charge in [0, 0.05) is 69.3 Å². The van der Waals surface area contributed by atoms with Gasteiger partial charge in [0.05, 0.1) is 65.6 Å². The summed E-state index contributed by atoms with van der Waals surface area (Å²) in [5, 5.41) is 6.39. The maximum absolute atomic E-state index is 11.2. The maximum atomic E-state index is 11.2. The Hall–Kier alpha value is -4.64. The largest absolute Gasteiger partial charge is 2.00 e. The van der Waals surface area contributed by atoms with Gasteiger partial charge < -0.3 is 54.6 Å². The van der Waals surface area contributed by atoms with Gasteiger partial charge in [-0.2, -0.15) is 15.0 Å². The third-order valence-corrected chi connectivity index (χ3v) is 10.2. The molecular weight excluding hydrogens is 1210 g/mol. The van der Waals surface area contributed by atoms with Gasteiger partial charge in [-0.15, -0.1) is 0 Å². The van der Waals surface area contributed by atoms with Crippen LogP contribution in [0.3, 0.4) is 0 Å². The molecule has 0 fully saturated rings. The van der Waals surface area contributed by atoms with Crippen molar-refractivity contribution in [2.75, 3.05) is 40.8 Å². The molecule has 8 bridgehead atoms. The fraction of sp³-hybridized carbons (Fsp3) is 0.0889. The number of nitrogen functional groups attached to an aromatic ring is 1. The molecule has 79 heavy (non-hydrogen) atoms. The molecule has 0 saturated carbocycles. The molecule has 0 amide bonds. The Labute approximate surface area is 534 Å². The summed E-state index contributed by atoms with van der Waals surface area (Å²) in [6.45, 7) is 0. The van der Waals surface area contributed by atoms with Crippen LogP contribution in [0.15, 0.2) is 121 Å². The first kappa shape index (κ1) is 68.6. The second-order valence-corrected chi connectivity index (χ2v) is 22.0. The van der Waals surface area contributed by atoms with Crippen molar-refractivity contribution < 1.29 is 153 Å². The van der Waals surface area contributed by atoms with Crippen LogP contribution >= 0.6 is 11.6 Å². The zero-order valence-corrected chi connectivity index (χ0v) is 53.3. The summed E-state index contributed by atoms with van der Waals surface area (Å²) in [5.74, 6) is 2.36. The first-order valence-electron chi connectivity index (χ1n) is 20.9. The number of hydrogen-bond donors (Lipinski definition) is 3. The second-order valence-electron chi connectivity index (χ2n) is 15.6. The fourth-order valence-corrected chi connectivity index (χ4v) is 7.61. The van der Waals surface area contributed by atoms with E-state index in [0.717, 1.165) is 50.1 Å². The van der Waals surface area contributed by atoms with E-state index in [4.69, 9.17) is 96.1 Å². The van der Waals surface area contributed by atoms with Crippen molar-refractivity contribution in [3.63, 3.8) is 0 Å². The minimum absolute atomic E-state index is 0. The zero-order valence-electron chi connectivity index (χ0n) is 42.3. The molecule has 6 heterocycles. The molecule has 0 unspecified atom stereocenters. The Morgan fingerprint density at radius 2 is 0.747 bits per heavy atom. The normalized spacial score (nSPS) is 11.1. The standard InChI is InChI=1S/C32H16N8.C10H11ClN6O2S.3CH4O3S.Cu.3Na/c1-2-10-18-17(9-1)25-33-26(18)38-28-21-13-5-6-14-22(21)30(35-28)40-32-24-16-8-7-15-23(24)31(36-32)39-29-20-12-4-3-11-19(20)27(34-29)37-25;1-20(18,19)17-7-4-2-3-6(5-7)13-10-15-8(11)14-9(12)16-10;3*1-5(2,3)4;;;;/h1-16H;2-5,17H,1H3,(H3,12,13,14,15,16);3*1H3,(H,2,3,4);;;;/q-2;;;;;+2;3*+1/p-3. The molecule has 397 valence electrons. The molecule has 11 rings (SSSR count). The topological polar surface area (TPSA) is 400 Å². The van der Waals surface area contributed by atoms with E-state index >= 15 is 0 Å². The van der Waals surface area contributed by atoms with Crippen LogP contribution in [0, 0.1) is 0 Å². The average Bonchev–Trinajstić information content (AvgIpc) is 4.04. The number of nitrogens with two attached hydrogens (primary N) is 1. The zero-order chi connectivity index (χ0) is 54.5. The van der Waals surface area contributed by atoms with Crippen LogP contribution in [0.5, 0.6) is 0 Å². The van der Waals surface area contributed by atoms with Gasteiger partial charge in [-0.05, 0) is 51.3 Å². The average molecular weight is 1250 g/mol. The molecule has 0 saturated heterocycles. The van der Waals surface area contributed by atoms with E-state index in [2.05, 4.69) is 25.0 Å². The van der Waals surface area contributed by atoms with E-state index in [-0.39, 0.29) is 123 Å². The quantitative estimate of drug-likeness (QED) is 0.111. The molecule has 5 aromatic carbocycles. The molecule has 0 aliphatic carbocycles. The molecule has 2 aliphatic rings. The number of sulfonamides is 1. The van der Waals surface area contributed by atoms with Crippen LogP contribution < -0.4 is 114 Å². The molecule has 2 aliphatic heterocycles. The maximum Gasteiger partial charge on any atom is 2.00 e. The van der Waals surface area contributed by atoms with Crippen LogP contribution in [-0.4, -0.2) is 117 Å². The SMILES string of the molecule is CS(=O)(=O)Nc1cccc(Nc2nc(N)nc(Cl)n2)c1.CS(=O)(=O)[O-].CS(=O)(=O)[O-].CS(=O)(=O)[O-].[Cu+2].[Na+].[Na+].[Na+].c1ccc2c(c1)-c1nc-2nc2[n-]c(nc3nc(nc4[n-]c(n1)c1ccccc41)-c1ccccc1-3)c1ccccc21. The van der Waals surface area contributed by atoms with Crippen molar-refractivity contribution >= 4 is 119 Å². The van der Waals surface area contributed by atoms with Crippen molar-refractivity contribution in [1.82, 2.24) is 54.8 Å². The smallest absolute Gasteiger partial charge is 0.748 e. The van der Waals surface area contributed by atoms with E-state index in [1.54, 1.807) is 24.3 Å². The van der Waals surface area contributed by atoms with Crippen molar-refractivity contribution in [3.05, 3.63) is 127 Å². The number of aromatic nitrogens is 11. The minimum Gasteiger partial charge on any atom is -0.748 e. The molecule has 1 radical (unpaired) electrons. The van der Waals surface area contributed by atoms with E-state index in [0.29, 0.717) is 76.0 Å². The fourth-order valence-electron chi connectivity index (χ4n) is 6.88. The first-order valence-corrected chi connectivity index (χ1v) is 28.7. The van der Waals surface area contributed by atoms with Gasteiger partial charge in [0.15, 0.2) is 0 Å². The molecule has 34 heteroatoms. The van der Waals surface area contributed by atoms with Gasteiger partial charge in [-0.1, -0.05) is 103 Å². The third-order valence-electron chi connectivity index (χ3n) is 9.38. The van der Waals surface area contributed by atoms with Crippen LogP contribution in [-0.2, 0) is 57.4 Å². The summed E-state index contributed by atoms with van der Waals surface area (Å²) >= 11 is 5.66. The number of halogens is 1. The number of nitrogens with one attached hydrogen (secondary N) is 2. The Kier molecular flexibility index (Phi) is 25.1. The van der Waals surface area contributed by atoms with E-state index in [1.807, 2.05) is 97.1 Å².